The van der Waals surface area contributed by atoms with E-state index in [0.717, 1.165) is 6.54 Å². The van der Waals surface area contributed by atoms with Crippen molar-refractivity contribution in [3.05, 3.63) is 29.8 Å². The van der Waals surface area contributed by atoms with Gasteiger partial charge in [0.2, 0.25) is 0 Å². The molecule has 88 valence electrons. The Morgan fingerprint density at radius 1 is 1.31 bits per heavy atom. The number of hydrogen-bond donors (Lipinski definition) is 1. The van der Waals surface area contributed by atoms with Crippen LogP contribution in [0.15, 0.2) is 24.3 Å². The molecule has 16 heavy (non-hydrogen) atoms. The Bertz CT molecular complexity index is 346. The fourth-order valence-corrected chi connectivity index (χ4v) is 2.51. The van der Waals surface area contributed by atoms with Crippen molar-refractivity contribution in [2.75, 3.05) is 18.5 Å². The van der Waals surface area contributed by atoms with Gasteiger partial charge in [-0.05, 0) is 24.5 Å². The van der Waals surface area contributed by atoms with E-state index in [9.17, 15) is 0 Å². The van der Waals surface area contributed by atoms with Crippen LogP contribution in [-0.4, -0.2) is 19.6 Å². The molecule has 0 bridgehead atoms. The number of rotatable bonds is 2. The number of benzene rings is 1. The first kappa shape index (κ1) is 11.5. The molecule has 0 aromatic heterocycles. The van der Waals surface area contributed by atoms with Crippen molar-refractivity contribution in [2.45, 2.75) is 38.8 Å². The topological polar surface area (TPSA) is 15.3 Å². The monoisotopic (exact) mass is 218 g/mol. The number of hydrogen-bond acceptors (Lipinski definition) is 2. The van der Waals surface area contributed by atoms with Gasteiger partial charge in [-0.1, -0.05) is 32.0 Å². The molecule has 0 amide bonds. The molecule has 1 unspecified atom stereocenters. The van der Waals surface area contributed by atoms with Gasteiger partial charge in [0.25, 0.3) is 0 Å². The summed E-state index contributed by atoms with van der Waals surface area (Å²) in [5, 5.41) is 3.67. The number of para-hydroxylation sites is 1. The highest BCUT2D eigenvalue weighted by atomic mass is 15.1. The van der Waals surface area contributed by atoms with Gasteiger partial charge in [0.1, 0.15) is 0 Å². The van der Waals surface area contributed by atoms with Gasteiger partial charge >= 0.3 is 0 Å². The first-order chi connectivity index (χ1) is 7.68. The molecule has 1 aromatic rings. The summed E-state index contributed by atoms with van der Waals surface area (Å²) in [4.78, 5) is 2.37. The maximum absolute atomic E-state index is 3.67. The molecular weight excluding hydrogens is 196 g/mol. The summed E-state index contributed by atoms with van der Waals surface area (Å²) in [5.74, 6) is 0. The molecule has 0 spiro atoms. The van der Waals surface area contributed by atoms with Gasteiger partial charge in [-0.25, -0.2) is 0 Å². The summed E-state index contributed by atoms with van der Waals surface area (Å²) in [6.07, 6.45) is 2.50. The molecule has 0 saturated carbocycles. The minimum absolute atomic E-state index is 0.515. The summed E-state index contributed by atoms with van der Waals surface area (Å²) >= 11 is 0. The van der Waals surface area contributed by atoms with Gasteiger partial charge in [-0.15, -0.1) is 0 Å². The van der Waals surface area contributed by atoms with Crippen molar-refractivity contribution in [3.63, 3.8) is 0 Å². The predicted molar refractivity (Wildman–Crippen MR) is 70.0 cm³/mol. The van der Waals surface area contributed by atoms with Crippen molar-refractivity contribution >= 4 is 5.69 Å². The third-order valence-corrected chi connectivity index (χ3v) is 3.24. The highest BCUT2D eigenvalue weighted by molar-refractivity contribution is 5.55. The smallest absolute Gasteiger partial charge is 0.0412 e. The molecule has 1 atom stereocenters. The minimum atomic E-state index is 0.515. The molecule has 0 aliphatic carbocycles. The van der Waals surface area contributed by atoms with E-state index in [0.29, 0.717) is 12.1 Å². The van der Waals surface area contributed by atoms with E-state index in [1.54, 1.807) is 0 Å². The van der Waals surface area contributed by atoms with Gasteiger partial charge in [0.05, 0.1) is 0 Å². The van der Waals surface area contributed by atoms with Crippen LogP contribution in [0.5, 0.6) is 0 Å². The summed E-state index contributed by atoms with van der Waals surface area (Å²) in [7, 11) is 2.19. The van der Waals surface area contributed by atoms with E-state index in [1.807, 2.05) is 0 Å². The lowest BCUT2D eigenvalue weighted by Crippen LogP contribution is -2.28. The summed E-state index contributed by atoms with van der Waals surface area (Å²) in [5.41, 5.74) is 2.84. The Hall–Kier alpha value is -1.02. The van der Waals surface area contributed by atoms with E-state index in [2.05, 4.69) is 55.4 Å². The zero-order chi connectivity index (χ0) is 11.5. The summed E-state index contributed by atoms with van der Waals surface area (Å²) in [6.45, 7) is 5.60. The highest BCUT2D eigenvalue weighted by Gasteiger charge is 2.20. The second kappa shape index (κ2) is 4.88. The van der Waals surface area contributed by atoms with E-state index in [-0.39, 0.29) is 0 Å². The van der Waals surface area contributed by atoms with Gasteiger partial charge < -0.3 is 10.2 Å². The Balaban J connectivity index is 2.31. The van der Waals surface area contributed by atoms with E-state index >= 15 is 0 Å². The minimum Gasteiger partial charge on any atom is -0.374 e. The quantitative estimate of drug-likeness (QED) is 0.821. The second-order valence-corrected chi connectivity index (χ2v) is 5.00. The highest BCUT2D eigenvalue weighted by Crippen LogP contribution is 2.32. The van der Waals surface area contributed by atoms with Crippen molar-refractivity contribution in [1.82, 2.24) is 5.32 Å². The zero-order valence-electron chi connectivity index (χ0n) is 10.5. The van der Waals surface area contributed by atoms with Crippen LogP contribution in [0.1, 0.15) is 38.3 Å². The first-order valence-electron chi connectivity index (χ1n) is 6.24. The third-order valence-electron chi connectivity index (χ3n) is 3.24. The number of nitrogens with zero attached hydrogens (tertiary/aromatic N) is 1. The van der Waals surface area contributed by atoms with E-state index in [4.69, 9.17) is 0 Å². The number of fused-ring (bicyclic) bond motifs is 1. The molecule has 1 N–H and O–H groups in total. The SMILES string of the molecule is CC(C)NC1CCCN(C)c2ccccc21. The Morgan fingerprint density at radius 3 is 2.81 bits per heavy atom. The fraction of sp³-hybridized carbons (Fsp3) is 0.571. The standard InChI is InChI=1S/C14H22N2/c1-11(2)15-13-8-6-10-16(3)14-9-5-4-7-12(13)14/h4-5,7,9,11,13,15H,6,8,10H2,1-3H3. The van der Waals surface area contributed by atoms with Gasteiger partial charge in [0, 0.05) is 31.4 Å². The molecule has 2 heteroatoms. The largest absolute Gasteiger partial charge is 0.374 e. The van der Waals surface area contributed by atoms with Crippen molar-refractivity contribution in [3.8, 4) is 0 Å². The third kappa shape index (κ3) is 2.38. The van der Waals surface area contributed by atoms with Gasteiger partial charge in [0.15, 0.2) is 0 Å². The lowest BCUT2D eigenvalue weighted by molar-refractivity contribution is 0.451. The van der Waals surface area contributed by atoms with Crippen LogP contribution >= 0.6 is 0 Å². The molecule has 0 radical (unpaired) electrons. The predicted octanol–water partition coefficient (Wildman–Crippen LogP) is 2.96. The van der Waals surface area contributed by atoms with Crippen LogP contribution in [0.2, 0.25) is 0 Å². The maximum atomic E-state index is 3.67. The molecule has 1 heterocycles. The normalized spacial score (nSPS) is 20.8. The van der Waals surface area contributed by atoms with Gasteiger partial charge in [-0.2, -0.15) is 0 Å². The summed E-state index contributed by atoms with van der Waals surface area (Å²) in [6, 6.07) is 9.83. The molecule has 1 aliphatic rings. The van der Waals surface area contributed by atoms with Crippen molar-refractivity contribution in [2.24, 2.45) is 0 Å². The van der Waals surface area contributed by atoms with Crippen molar-refractivity contribution in [1.29, 1.82) is 0 Å². The fourth-order valence-electron chi connectivity index (χ4n) is 2.51. The molecule has 2 rings (SSSR count). The zero-order valence-corrected chi connectivity index (χ0v) is 10.5. The van der Waals surface area contributed by atoms with Crippen LogP contribution in [-0.2, 0) is 0 Å². The Labute approximate surface area is 98.7 Å². The molecule has 0 saturated heterocycles. The van der Waals surface area contributed by atoms with Crippen LogP contribution < -0.4 is 10.2 Å². The lowest BCUT2D eigenvalue weighted by Gasteiger charge is -2.23. The average Bonchev–Trinajstić information content (AvgIpc) is 2.40. The van der Waals surface area contributed by atoms with Crippen LogP contribution in [0.25, 0.3) is 0 Å². The van der Waals surface area contributed by atoms with Gasteiger partial charge in [-0.3, -0.25) is 0 Å². The Kier molecular flexibility index (Phi) is 3.49. The number of anilines is 1. The average molecular weight is 218 g/mol. The summed E-state index contributed by atoms with van der Waals surface area (Å²) < 4.78 is 0. The van der Waals surface area contributed by atoms with Crippen LogP contribution in [0.3, 0.4) is 0 Å². The maximum Gasteiger partial charge on any atom is 0.0412 e. The lowest BCUT2D eigenvalue weighted by atomic mass is 10.0. The van der Waals surface area contributed by atoms with E-state index in [1.165, 1.54) is 24.1 Å². The molecule has 1 aliphatic heterocycles. The first-order valence-corrected chi connectivity index (χ1v) is 6.24. The van der Waals surface area contributed by atoms with Crippen LogP contribution in [0.4, 0.5) is 5.69 Å². The van der Waals surface area contributed by atoms with E-state index < -0.39 is 0 Å². The van der Waals surface area contributed by atoms with Crippen molar-refractivity contribution < 1.29 is 0 Å². The molecule has 1 aromatic carbocycles. The number of nitrogens with one attached hydrogen (secondary N) is 1. The second-order valence-electron chi connectivity index (χ2n) is 5.00. The Morgan fingerprint density at radius 2 is 2.06 bits per heavy atom. The van der Waals surface area contributed by atoms with Crippen LogP contribution in [0, 0.1) is 0 Å². The molecular formula is C14H22N2. The molecule has 2 nitrogen and oxygen atoms in total. The molecule has 0 fully saturated rings.